The Bertz CT molecular complexity index is 824. The van der Waals surface area contributed by atoms with Crippen molar-refractivity contribution in [2.24, 2.45) is 0 Å². The van der Waals surface area contributed by atoms with E-state index >= 15 is 0 Å². The molecule has 136 valence electrons. The summed E-state index contributed by atoms with van der Waals surface area (Å²) in [5.74, 6) is -1.02. The second-order valence-corrected chi connectivity index (χ2v) is 7.34. The van der Waals surface area contributed by atoms with Gasteiger partial charge >= 0.3 is 11.9 Å². The molecule has 0 bridgehead atoms. The zero-order valence-corrected chi connectivity index (χ0v) is 15.0. The molecule has 2 aromatic rings. The van der Waals surface area contributed by atoms with Crippen LogP contribution in [0, 0.1) is 0 Å². The van der Waals surface area contributed by atoms with Gasteiger partial charge in [0.1, 0.15) is 11.2 Å². The predicted molar refractivity (Wildman–Crippen MR) is 95.9 cm³/mol. The van der Waals surface area contributed by atoms with Crippen LogP contribution in [0.5, 0.6) is 0 Å². The lowest BCUT2D eigenvalue weighted by molar-refractivity contribution is -0.162. The molecule has 0 spiro atoms. The first kappa shape index (κ1) is 17.2. The van der Waals surface area contributed by atoms with Crippen molar-refractivity contribution in [1.29, 1.82) is 0 Å². The van der Waals surface area contributed by atoms with Crippen LogP contribution in [-0.2, 0) is 26.2 Å². The van der Waals surface area contributed by atoms with Crippen molar-refractivity contribution in [3.05, 3.63) is 52.3 Å². The van der Waals surface area contributed by atoms with Gasteiger partial charge in [-0.15, -0.1) is 0 Å². The summed E-state index contributed by atoms with van der Waals surface area (Å²) in [6.07, 6.45) is 3.39. The summed E-state index contributed by atoms with van der Waals surface area (Å²) in [4.78, 5) is 25.0. The topological polar surface area (TPSA) is 84.1 Å². The second-order valence-electron chi connectivity index (χ2n) is 6.96. The first-order valence-electron chi connectivity index (χ1n) is 8.87. The minimum absolute atomic E-state index is 0.344. The fourth-order valence-electron chi connectivity index (χ4n) is 3.59. The SMILES string of the molecule is O=C(OC(=O)C1(c2c(Cc3ccccc3)n[nH]c2Cl)CC1)C1CCCN1. The Morgan fingerprint density at radius 1 is 1.27 bits per heavy atom. The molecule has 2 N–H and O–H groups in total. The number of esters is 2. The van der Waals surface area contributed by atoms with Crippen LogP contribution in [-0.4, -0.2) is 34.7 Å². The van der Waals surface area contributed by atoms with Crippen LogP contribution in [0.2, 0.25) is 5.15 Å². The van der Waals surface area contributed by atoms with Gasteiger partial charge in [0, 0.05) is 12.0 Å². The Hall–Kier alpha value is -2.18. The highest BCUT2D eigenvalue weighted by Gasteiger charge is 2.56. The third-order valence-corrected chi connectivity index (χ3v) is 5.44. The van der Waals surface area contributed by atoms with E-state index in [1.165, 1.54) is 0 Å². The summed E-state index contributed by atoms with van der Waals surface area (Å²) in [7, 11) is 0. The summed E-state index contributed by atoms with van der Waals surface area (Å²) < 4.78 is 5.20. The van der Waals surface area contributed by atoms with E-state index in [1.54, 1.807) is 0 Å². The van der Waals surface area contributed by atoms with Crippen LogP contribution in [0.4, 0.5) is 0 Å². The van der Waals surface area contributed by atoms with E-state index in [-0.39, 0.29) is 0 Å². The number of carbonyl (C=O) groups excluding carboxylic acids is 2. The molecule has 2 aliphatic rings. The molecule has 0 amide bonds. The van der Waals surface area contributed by atoms with Crippen molar-refractivity contribution in [3.63, 3.8) is 0 Å². The van der Waals surface area contributed by atoms with Crippen LogP contribution >= 0.6 is 11.6 Å². The smallest absolute Gasteiger partial charge is 0.330 e. The molecule has 7 heteroatoms. The number of nitrogens with one attached hydrogen (secondary N) is 2. The normalized spacial score (nSPS) is 20.7. The second kappa shape index (κ2) is 6.85. The highest BCUT2D eigenvalue weighted by Crippen LogP contribution is 2.52. The zero-order valence-electron chi connectivity index (χ0n) is 14.3. The van der Waals surface area contributed by atoms with Crippen LogP contribution in [0.25, 0.3) is 0 Å². The molecule has 1 saturated carbocycles. The molecule has 1 unspecified atom stereocenters. The minimum Gasteiger partial charge on any atom is -0.391 e. The van der Waals surface area contributed by atoms with Gasteiger partial charge < -0.3 is 10.1 Å². The minimum atomic E-state index is -0.859. The predicted octanol–water partition coefficient (Wildman–Crippen LogP) is 2.51. The molecule has 1 aliphatic carbocycles. The fraction of sp³-hybridized carbons (Fsp3) is 0.421. The van der Waals surface area contributed by atoms with Crippen molar-refractivity contribution in [3.8, 4) is 0 Å². The molecule has 0 radical (unpaired) electrons. The summed E-state index contributed by atoms with van der Waals surface area (Å²) >= 11 is 6.32. The van der Waals surface area contributed by atoms with E-state index in [4.69, 9.17) is 16.3 Å². The maximum Gasteiger partial charge on any atom is 0.330 e. The van der Waals surface area contributed by atoms with Crippen molar-refractivity contribution in [2.45, 2.75) is 43.6 Å². The Morgan fingerprint density at radius 3 is 2.69 bits per heavy atom. The van der Waals surface area contributed by atoms with Crippen LogP contribution < -0.4 is 5.32 Å². The number of benzene rings is 1. The number of aromatic amines is 1. The largest absolute Gasteiger partial charge is 0.391 e. The highest BCUT2D eigenvalue weighted by molar-refractivity contribution is 6.30. The van der Waals surface area contributed by atoms with E-state index in [1.807, 2.05) is 30.3 Å². The molecule has 1 aromatic carbocycles. The lowest BCUT2D eigenvalue weighted by Gasteiger charge is -2.16. The third kappa shape index (κ3) is 3.15. The van der Waals surface area contributed by atoms with Crippen molar-refractivity contribution in [2.75, 3.05) is 6.54 Å². The van der Waals surface area contributed by atoms with E-state index in [9.17, 15) is 9.59 Å². The molecule has 1 saturated heterocycles. The van der Waals surface area contributed by atoms with Gasteiger partial charge in [-0.05, 0) is 37.8 Å². The molecule has 1 atom stereocenters. The number of hydrogen-bond acceptors (Lipinski definition) is 5. The van der Waals surface area contributed by atoms with Crippen molar-refractivity contribution in [1.82, 2.24) is 15.5 Å². The van der Waals surface area contributed by atoms with E-state index in [0.717, 1.165) is 24.2 Å². The number of halogens is 1. The van der Waals surface area contributed by atoms with E-state index < -0.39 is 23.4 Å². The summed E-state index contributed by atoms with van der Waals surface area (Å²) in [5, 5.41) is 10.5. The quantitative estimate of drug-likeness (QED) is 0.621. The third-order valence-electron chi connectivity index (χ3n) is 5.17. The molecule has 6 nitrogen and oxygen atoms in total. The van der Waals surface area contributed by atoms with Gasteiger partial charge in [-0.25, -0.2) is 4.79 Å². The van der Waals surface area contributed by atoms with Crippen molar-refractivity contribution >= 4 is 23.5 Å². The number of nitrogens with zero attached hydrogens (tertiary/aromatic N) is 1. The standard InChI is InChI=1S/C19H20ClN3O3/c20-16-15(14(22-23-16)11-12-5-2-1-3-6-12)19(8-9-19)18(25)26-17(24)13-7-4-10-21-13/h1-3,5-6,13,21H,4,7-11H2,(H,22,23). The highest BCUT2D eigenvalue weighted by atomic mass is 35.5. The Morgan fingerprint density at radius 2 is 2.04 bits per heavy atom. The Balaban J connectivity index is 1.55. The molecule has 4 rings (SSSR count). The van der Waals surface area contributed by atoms with Gasteiger partial charge in [-0.1, -0.05) is 41.9 Å². The average molecular weight is 374 g/mol. The van der Waals surface area contributed by atoms with Crippen LogP contribution in [0.3, 0.4) is 0 Å². The number of ether oxygens (including phenoxy) is 1. The number of carbonyl (C=O) groups is 2. The van der Waals surface area contributed by atoms with Gasteiger partial charge in [0.15, 0.2) is 0 Å². The average Bonchev–Trinajstić information content (AvgIpc) is 3.08. The molecule has 1 aliphatic heterocycles. The van der Waals surface area contributed by atoms with Crippen molar-refractivity contribution < 1.29 is 14.3 Å². The number of H-pyrrole nitrogens is 1. The molecular weight excluding hydrogens is 354 g/mol. The molecular formula is C19H20ClN3O3. The van der Waals surface area contributed by atoms with Crippen LogP contribution in [0.1, 0.15) is 42.5 Å². The Labute approximate surface area is 156 Å². The van der Waals surface area contributed by atoms with E-state index in [0.29, 0.717) is 36.4 Å². The first-order chi connectivity index (χ1) is 12.6. The summed E-state index contributed by atoms with van der Waals surface area (Å²) in [5.41, 5.74) is 1.61. The summed E-state index contributed by atoms with van der Waals surface area (Å²) in [6.45, 7) is 0.772. The monoisotopic (exact) mass is 373 g/mol. The molecule has 2 heterocycles. The van der Waals surface area contributed by atoms with Gasteiger partial charge in [0.2, 0.25) is 0 Å². The lowest BCUT2D eigenvalue weighted by Crippen LogP contribution is -2.36. The maximum absolute atomic E-state index is 12.8. The molecule has 1 aromatic heterocycles. The summed E-state index contributed by atoms with van der Waals surface area (Å²) in [6, 6.07) is 9.47. The number of rotatable bonds is 5. The first-order valence-corrected chi connectivity index (χ1v) is 9.24. The van der Waals surface area contributed by atoms with E-state index in [2.05, 4.69) is 15.5 Å². The molecule has 26 heavy (non-hydrogen) atoms. The van der Waals surface area contributed by atoms with Gasteiger partial charge in [-0.2, -0.15) is 5.10 Å². The van der Waals surface area contributed by atoms with Gasteiger partial charge in [0.05, 0.1) is 11.1 Å². The number of hydrogen-bond donors (Lipinski definition) is 2. The van der Waals surface area contributed by atoms with Gasteiger partial charge in [-0.3, -0.25) is 9.89 Å². The molecule has 2 fully saturated rings. The fourth-order valence-corrected chi connectivity index (χ4v) is 3.92. The lowest BCUT2D eigenvalue weighted by atomic mass is 9.94. The zero-order chi connectivity index (χ0) is 18.1. The number of aromatic nitrogens is 2. The Kier molecular flexibility index (Phi) is 4.54. The van der Waals surface area contributed by atoms with Gasteiger partial charge in [0.25, 0.3) is 0 Å². The van der Waals surface area contributed by atoms with Crippen LogP contribution in [0.15, 0.2) is 30.3 Å². The maximum atomic E-state index is 12.8.